The quantitative estimate of drug-likeness (QED) is 0.0959. The lowest BCUT2D eigenvalue weighted by atomic mass is 10.0. The van der Waals surface area contributed by atoms with Crippen molar-refractivity contribution in [3.05, 3.63) is 29.8 Å². The summed E-state index contributed by atoms with van der Waals surface area (Å²) in [5, 5.41) is 9.65. The minimum absolute atomic E-state index is 0.161. The molecule has 6 nitrogen and oxygen atoms in total. The summed E-state index contributed by atoms with van der Waals surface area (Å²) < 4.78 is 11.1. The fraction of sp³-hybridized carbons (Fsp3) is 0.778. The van der Waals surface area contributed by atoms with E-state index in [2.05, 4.69) is 6.92 Å². The Morgan fingerprint density at radius 3 is 1.55 bits per heavy atom. The summed E-state index contributed by atoms with van der Waals surface area (Å²) in [5.74, 6) is -0.270. The van der Waals surface area contributed by atoms with E-state index in [-0.39, 0.29) is 12.4 Å². The first-order valence-electron chi connectivity index (χ1n) is 17.1. The Morgan fingerprint density at radius 1 is 0.714 bits per heavy atom. The Labute approximate surface area is 257 Å². The Kier molecular flexibility index (Phi) is 20.9. The number of hydrogen-bond acceptors (Lipinski definition) is 5. The summed E-state index contributed by atoms with van der Waals surface area (Å²) in [4.78, 5) is 27.8. The van der Waals surface area contributed by atoms with E-state index in [1.807, 2.05) is 20.8 Å². The fourth-order valence-electron chi connectivity index (χ4n) is 5.29. The predicted octanol–water partition coefficient (Wildman–Crippen LogP) is 10.1. The molecule has 0 radical (unpaired) electrons. The largest absolute Gasteiger partial charge is 0.508 e. The third kappa shape index (κ3) is 19.0. The smallest absolute Gasteiger partial charge is 0.411 e. The third-order valence-electron chi connectivity index (χ3n) is 7.68. The van der Waals surface area contributed by atoms with Crippen molar-refractivity contribution in [2.75, 3.05) is 13.2 Å². The standard InChI is InChI=1S/C36H63NO5/c1-6-8-9-10-11-12-13-14-15-16-17-18-19-20-21-22-23-24-29-37(35(40)42-36(3,4)5)33(34(39)41-7-2)30-31-25-27-32(38)28-26-31/h25-28,33,38H,6-24,29-30H2,1-5H3/t33-/m0/s1. The highest BCUT2D eigenvalue weighted by Crippen LogP contribution is 2.20. The molecule has 0 unspecified atom stereocenters. The van der Waals surface area contributed by atoms with Crippen LogP contribution >= 0.6 is 0 Å². The molecule has 0 heterocycles. The molecule has 0 aliphatic heterocycles. The second-order valence-electron chi connectivity index (χ2n) is 12.8. The lowest BCUT2D eigenvalue weighted by Crippen LogP contribution is -2.49. The minimum atomic E-state index is -0.782. The monoisotopic (exact) mass is 589 g/mol. The van der Waals surface area contributed by atoms with Crippen molar-refractivity contribution >= 4 is 12.1 Å². The first kappa shape index (κ1) is 37.8. The highest BCUT2D eigenvalue weighted by Gasteiger charge is 2.34. The van der Waals surface area contributed by atoms with Gasteiger partial charge in [0.1, 0.15) is 17.4 Å². The highest BCUT2D eigenvalue weighted by atomic mass is 16.6. The predicted molar refractivity (Wildman–Crippen MR) is 174 cm³/mol. The van der Waals surface area contributed by atoms with E-state index in [0.29, 0.717) is 13.0 Å². The number of phenols is 1. The summed E-state index contributed by atoms with van der Waals surface area (Å²) in [7, 11) is 0. The van der Waals surface area contributed by atoms with Crippen LogP contribution in [0.5, 0.6) is 5.75 Å². The van der Waals surface area contributed by atoms with E-state index in [9.17, 15) is 14.7 Å². The molecule has 0 fully saturated rings. The Morgan fingerprint density at radius 2 is 1.14 bits per heavy atom. The molecule has 1 aromatic rings. The van der Waals surface area contributed by atoms with Crippen molar-refractivity contribution in [3.63, 3.8) is 0 Å². The molecule has 1 N–H and O–H groups in total. The number of amides is 1. The normalized spacial score (nSPS) is 12.2. The van der Waals surface area contributed by atoms with Crippen LogP contribution in [0.15, 0.2) is 24.3 Å². The highest BCUT2D eigenvalue weighted by molar-refractivity contribution is 5.82. The molecule has 0 aliphatic carbocycles. The van der Waals surface area contributed by atoms with Crippen molar-refractivity contribution in [1.29, 1.82) is 0 Å². The Bertz CT molecular complexity index is 817. The molecule has 1 rings (SSSR count). The van der Waals surface area contributed by atoms with Gasteiger partial charge in [-0.2, -0.15) is 0 Å². The van der Waals surface area contributed by atoms with Crippen molar-refractivity contribution in [2.24, 2.45) is 0 Å². The molecule has 1 aromatic carbocycles. The zero-order chi connectivity index (χ0) is 31.1. The van der Waals surface area contributed by atoms with E-state index >= 15 is 0 Å². The van der Waals surface area contributed by atoms with Crippen molar-refractivity contribution in [1.82, 2.24) is 4.90 Å². The maximum atomic E-state index is 13.2. The van der Waals surface area contributed by atoms with E-state index in [4.69, 9.17) is 9.47 Å². The fourth-order valence-corrected chi connectivity index (χ4v) is 5.29. The average Bonchev–Trinajstić information content (AvgIpc) is 2.93. The molecule has 0 saturated carbocycles. The second kappa shape index (κ2) is 23.2. The molecule has 1 amide bonds. The van der Waals surface area contributed by atoms with Gasteiger partial charge in [-0.3, -0.25) is 4.90 Å². The third-order valence-corrected chi connectivity index (χ3v) is 7.68. The van der Waals surface area contributed by atoms with E-state index in [0.717, 1.165) is 24.8 Å². The summed E-state index contributed by atoms with van der Waals surface area (Å²) in [5.41, 5.74) is 0.179. The summed E-state index contributed by atoms with van der Waals surface area (Å²) in [6.45, 7) is 10.2. The van der Waals surface area contributed by atoms with Crippen molar-refractivity contribution in [3.8, 4) is 5.75 Å². The first-order valence-corrected chi connectivity index (χ1v) is 17.1. The van der Waals surface area contributed by atoms with Crippen LogP contribution in [0, 0.1) is 0 Å². The van der Waals surface area contributed by atoms with Crippen LogP contribution in [0.2, 0.25) is 0 Å². The number of esters is 1. The van der Waals surface area contributed by atoms with Crippen LogP contribution in [0.3, 0.4) is 0 Å². The number of nitrogens with zero attached hydrogens (tertiary/aromatic N) is 1. The van der Waals surface area contributed by atoms with Crippen LogP contribution in [0.25, 0.3) is 0 Å². The van der Waals surface area contributed by atoms with E-state index in [1.54, 1.807) is 36.1 Å². The number of benzene rings is 1. The molecule has 6 heteroatoms. The zero-order valence-corrected chi connectivity index (χ0v) is 27.8. The number of carbonyl (C=O) groups excluding carboxylic acids is 2. The van der Waals surface area contributed by atoms with Crippen molar-refractivity contribution < 1.29 is 24.2 Å². The maximum absolute atomic E-state index is 13.2. The van der Waals surface area contributed by atoms with Gasteiger partial charge in [-0.15, -0.1) is 0 Å². The Balaban J connectivity index is 2.38. The van der Waals surface area contributed by atoms with Gasteiger partial charge in [0.25, 0.3) is 0 Å². The lowest BCUT2D eigenvalue weighted by molar-refractivity contribution is -0.149. The van der Waals surface area contributed by atoms with Crippen LogP contribution in [0.4, 0.5) is 4.79 Å². The van der Waals surface area contributed by atoms with Gasteiger partial charge in [-0.1, -0.05) is 128 Å². The van der Waals surface area contributed by atoms with Crippen molar-refractivity contribution in [2.45, 2.75) is 168 Å². The number of unbranched alkanes of at least 4 members (excludes halogenated alkanes) is 17. The van der Waals surface area contributed by atoms with E-state index in [1.165, 1.54) is 96.3 Å². The lowest BCUT2D eigenvalue weighted by Gasteiger charge is -2.32. The average molecular weight is 590 g/mol. The van der Waals surface area contributed by atoms with Crippen LogP contribution in [-0.4, -0.2) is 46.9 Å². The first-order chi connectivity index (χ1) is 20.2. The second-order valence-corrected chi connectivity index (χ2v) is 12.8. The molecule has 0 aliphatic rings. The number of hydrogen-bond donors (Lipinski definition) is 1. The Hall–Kier alpha value is -2.24. The van der Waals surface area contributed by atoms with Gasteiger partial charge in [0, 0.05) is 13.0 Å². The summed E-state index contributed by atoms with van der Waals surface area (Å²) in [6.07, 6.45) is 23.2. The van der Waals surface area contributed by atoms with Gasteiger partial charge in [-0.25, -0.2) is 9.59 Å². The molecule has 42 heavy (non-hydrogen) atoms. The maximum Gasteiger partial charge on any atom is 0.411 e. The van der Waals surface area contributed by atoms with Gasteiger partial charge in [0.2, 0.25) is 0 Å². The van der Waals surface area contributed by atoms with Crippen LogP contribution < -0.4 is 0 Å². The number of carbonyl (C=O) groups is 2. The summed E-state index contributed by atoms with van der Waals surface area (Å²) >= 11 is 0. The van der Waals surface area contributed by atoms with Gasteiger partial charge in [0.15, 0.2) is 0 Å². The number of ether oxygens (including phenoxy) is 2. The molecule has 1 atom stereocenters. The van der Waals surface area contributed by atoms with Gasteiger partial charge >= 0.3 is 12.1 Å². The summed E-state index contributed by atoms with van der Waals surface area (Å²) in [6, 6.07) is 5.94. The van der Waals surface area contributed by atoms with Gasteiger partial charge in [-0.05, 0) is 51.8 Å². The number of aromatic hydroxyl groups is 1. The number of rotatable bonds is 24. The topological polar surface area (TPSA) is 76.1 Å². The SMILES string of the molecule is CCCCCCCCCCCCCCCCCCCCN(C(=O)OC(C)(C)C)[C@@H](Cc1ccc(O)cc1)C(=O)OCC. The van der Waals surface area contributed by atoms with Crippen LogP contribution in [0.1, 0.15) is 156 Å². The van der Waals surface area contributed by atoms with Gasteiger partial charge in [0.05, 0.1) is 6.61 Å². The van der Waals surface area contributed by atoms with Gasteiger partial charge < -0.3 is 14.6 Å². The minimum Gasteiger partial charge on any atom is -0.508 e. The molecule has 0 aromatic heterocycles. The number of phenolic OH excluding ortho intramolecular Hbond substituents is 1. The molecule has 242 valence electrons. The molecule has 0 spiro atoms. The molecular weight excluding hydrogens is 526 g/mol. The zero-order valence-electron chi connectivity index (χ0n) is 27.8. The molecule has 0 saturated heterocycles. The van der Waals surface area contributed by atoms with E-state index < -0.39 is 23.7 Å². The molecule has 0 bridgehead atoms. The molecular formula is C36H63NO5. The van der Waals surface area contributed by atoms with Crippen LogP contribution in [-0.2, 0) is 20.7 Å².